The number of carboxylic acids is 1. The Kier molecular flexibility index (Phi) is 2.93. The van der Waals surface area contributed by atoms with Crippen LogP contribution in [-0.4, -0.2) is 33.2 Å². The number of aliphatic carboxylic acids is 1. The summed E-state index contributed by atoms with van der Waals surface area (Å²) in [6, 6.07) is 5.56. The molecular formula is C10H12N2O2S. The van der Waals surface area contributed by atoms with Gasteiger partial charge in [0.2, 0.25) is 0 Å². The van der Waals surface area contributed by atoms with E-state index >= 15 is 0 Å². The first kappa shape index (κ1) is 10.4. The van der Waals surface area contributed by atoms with Crippen LogP contribution in [0.1, 0.15) is 5.69 Å². The maximum absolute atomic E-state index is 11.2. The predicted octanol–water partition coefficient (Wildman–Crippen LogP) is 0.741. The van der Waals surface area contributed by atoms with Crippen molar-refractivity contribution >= 4 is 17.7 Å². The summed E-state index contributed by atoms with van der Waals surface area (Å²) in [6.07, 6.45) is 2.13. The molecule has 1 aromatic heterocycles. The fraction of sp³-hybridized carbons (Fsp3) is 0.400. The van der Waals surface area contributed by atoms with Gasteiger partial charge in [-0.05, 0) is 12.1 Å². The molecule has 1 aliphatic rings. The van der Waals surface area contributed by atoms with Crippen LogP contribution in [0, 0.1) is 0 Å². The topological polar surface area (TPSA) is 62.2 Å². The van der Waals surface area contributed by atoms with E-state index < -0.39 is 11.5 Å². The molecular weight excluding hydrogens is 212 g/mol. The van der Waals surface area contributed by atoms with Gasteiger partial charge in [-0.2, -0.15) is 0 Å². The lowest BCUT2D eigenvalue weighted by molar-refractivity contribution is -0.143. The van der Waals surface area contributed by atoms with Crippen LogP contribution >= 0.6 is 11.8 Å². The van der Waals surface area contributed by atoms with Crippen molar-refractivity contribution in [3.8, 4) is 0 Å². The third kappa shape index (κ3) is 2.13. The maximum Gasteiger partial charge on any atom is 0.325 e. The van der Waals surface area contributed by atoms with E-state index in [0.717, 1.165) is 5.69 Å². The van der Waals surface area contributed by atoms with E-state index in [1.165, 1.54) is 0 Å². The predicted molar refractivity (Wildman–Crippen MR) is 58.8 cm³/mol. The van der Waals surface area contributed by atoms with Crippen LogP contribution in [0.15, 0.2) is 24.4 Å². The monoisotopic (exact) mass is 224 g/mol. The second-order valence-electron chi connectivity index (χ2n) is 3.55. The Labute approximate surface area is 92.1 Å². The number of carbonyl (C=O) groups is 1. The number of hydrogen-bond acceptors (Lipinski definition) is 4. The highest BCUT2D eigenvalue weighted by atomic mass is 32.2. The molecule has 2 N–H and O–H groups in total. The highest BCUT2D eigenvalue weighted by Crippen LogP contribution is 2.24. The Hall–Kier alpha value is -1.07. The number of rotatable bonds is 3. The minimum atomic E-state index is -0.834. The molecule has 0 amide bonds. The van der Waals surface area contributed by atoms with Crippen molar-refractivity contribution in [3.63, 3.8) is 0 Å². The average molecular weight is 224 g/mol. The number of thioether (sulfide) groups is 1. The van der Waals surface area contributed by atoms with Crippen LogP contribution in [0.25, 0.3) is 0 Å². The van der Waals surface area contributed by atoms with Crippen molar-refractivity contribution in [2.45, 2.75) is 12.0 Å². The summed E-state index contributed by atoms with van der Waals surface area (Å²) in [5.41, 5.74) is -0.0196. The zero-order valence-electron chi connectivity index (χ0n) is 8.14. The van der Waals surface area contributed by atoms with Gasteiger partial charge in [-0.3, -0.25) is 15.1 Å². The van der Waals surface area contributed by atoms with Gasteiger partial charge in [0, 0.05) is 29.9 Å². The van der Waals surface area contributed by atoms with Crippen LogP contribution in [0.3, 0.4) is 0 Å². The summed E-state index contributed by atoms with van der Waals surface area (Å²) >= 11 is 1.61. The number of aromatic nitrogens is 1. The summed E-state index contributed by atoms with van der Waals surface area (Å²) in [6.45, 7) is 0. The van der Waals surface area contributed by atoms with Gasteiger partial charge < -0.3 is 5.11 Å². The van der Waals surface area contributed by atoms with Gasteiger partial charge in [0.15, 0.2) is 0 Å². The molecule has 1 aromatic rings. The van der Waals surface area contributed by atoms with E-state index in [-0.39, 0.29) is 0 Å². The van der Waals surface area contributed by atoms with Gasteiger partial charge in [-0.1, -0.05) is 6.07 Å². The number of nitrogens with one attached hydrogen (secondary N) is 1. The van der Waals surface area contributed by atoms with Crippen LogP contribution in [0.5, 0.6) is 0 Å². The molecule has 15 heavy (non-hydrogen) atoms. The van der Waals surface area contributed by atoms with E-state index in [2.05, 4.69) is 10.3 Å². The molecule has 1 aliphatic heterocycles. The van der Waals surface area contributed by atoms with Crippen molar-refractivity contribution in [2.24, 2.45) is 0 Å². The number of pyridine rings is 1. The Morgan fingerprint density at radius 2 is 2.53 bits per heavy atom. The number of nitrogens with zero attached hydrogens (tertiary/aromatic N) is 1. The minimum absolute atomic E-state index is 0.441. The molecule has 1 atom stereocenters. The van der Waals surface area contributed by atoms with Crippen LogP contribution < -0.4 is 5.32 Å². The molecule has 5 heteroatoms. The standard InChI is InChI=1S/C10H12N2O2S/c13-9(14)10(6-15-7-12-10)5-8-3-1-2-4-11-8/h1-4,12H,5-7H2,(H,13,14)/t10-/m0/s1. The molecule has 0 radical (unpaired) electrons. The second-order valence-corrected chi connectivity index (χ2v) is 4.54. The van der Waals surface area contributed by atoms with Crippen molar-refractivity contribution in [3.05, 3.63) is 30.1 Å². The normalized spacial score (nSPS) is 25.3. The molecule has 2 rings (SSSR count). The van der Waals surface area contributed by atoms with Crippen LogP contribution in [0.4, 0.5) is 0 Å². The highest BCUT2D eigenvalue weighted by Gasteiger charge is 2.41. The Morgan fingerprint density at radius 1 is 1.67 bits per heavy atom. The second kappa shape index (κ2) is 4.20. The summed E-state index contributed by atoms with van der Waals surface area (Å²) < 4.78 is 0. The van der Waals surface area contributed by atoms with E-state index in [0.29, 0.717) is 18.1 Å². The lowest BCUT2D eigenvalue weighted by Crippen LogP contribution is -2.51. The molecule has 0 spiro atoms. The SMILES string of the molecule is O=C(O)[C@]1(Cc2ccccn2)CSCN1. The van der Waals surface area contributed by atoms with Crippen molar-refractivity contribution in [2.75, 3.05) is 11.6 Å². The lowest BCUT2D eigenvalue weighted by atomic mass is 9.96. The Morgan fingerprint density at radius 3 is 3.07 bits per heavy atom. The van der Waals surface area contributed by atoms with Crippen LogP contribution in [-0.2, 0) is 11.2 Å². The summed E-state index contributed by atoms with van der Waals surface area (Å²) in [5.74, 6) is 0.496. The lowest BCUT2D eigenvalue weighted by Gasteiger charge is -2.22. The van der Waals surface area contributed by atoms with Gasteiger partial charge in [-0.15, -0.1) is 11.8 Å². The Bertz CT molecular complexity index is 350. The largest absolute Gasteiger partial charge is 0.480 e. The fourth-order valence-electron chi connectivity index (χ4n) is 1.60. The van der Waals surface area contributed by atoms with Gasteiger partial charge in [0.05, 0.1) is 0 Å². The number of carboxylic acid groups (broad SMARTS) is 1. The zero-order valence-corrected chi connectivity index (χ0v) is 8.96. The molecule has 80 valence electrons. The first-order valence-corrected chi connectivity index (χ1v) is 5.84. The molecule has 0 aliphatic carbocycles. The van der Waals surface area contributed by atoms with Gasteiger partial charge in [-0.25, -0.2) is 0 Å². The van der Waals surface area contributed by atoms with E-state index in [1.807, 2.05) is 18.2 Å². The van der Waals surface area contributed by atoms with Gasteiger partial charge in [0.1, 0.15) is 5.54 Å². The smallest absolute Gasteiger partial charge is 0.325 e. The first-order chi connectivity index (χ1) is 7.23. The van der Waals surface area contributed by atoms with Gasteiger partial charge in [0.25, 0.3) is 0 Å². The first-order valence-electron chi connectivity index (χ1n) is 4.69. The summed E-state index contributed by atoms with van der Waals surface area (Å²) in [7, 11) is 0. The Balaban J connectivity index is 2.18. The zero-order chi connectivity index (χ0) is 10.7. The molecule has 1 fully saturated rings. The van der Waals surface area contributed by atoms with Crippen molar-refractivity contribution in [1.29, 1.82) is 0 Å². The van der Waals surface area contributed by atoms with E-state index in [4.69, 9.17) is 0 Å². The summed E-state index contributed by atoms with van der Waals surface area (Å²) in [5, 5.41) is 12.3. The molecule has 0 unspecified atom stereocenters. The fourth-order valence-corrected chi connectivity index (χ4v) is 2.76. The molecule has 0 saturated carbocycles. The van der Waals surface area contributed by atoms with Gasteiger partial charge >= 0.3 is 5.97 Å². The maximum atomic E-state index is 11.2. The molecule has 0 aromatic carbocycles. The average Bonchev–Trinajstić information content (AvgIpc) is 2.69. The summed E-state index contributed by atoms with van der Waals surface area (Å²) in [4.78, 5) is 15.4. The molecule has 2 heterocycles. The van der Waals surface area contributed by atoms with E-state index in [1.54, 1.807) is 18.0 Å². The molecule has 0 bridgehead atoms. The minimum Gasteiger partial charge on any atom is -0.480 e. The third-order valence-corrected chi connectivity index (χ3v) is 3.52. The quantitative estimate of drug-likeness (QED) is 0.793. The third-order valence-electron chi connectivity index (χ3n) is 2.48. The van der Waals surface area contributed by atoms with Crippen LogP contribution in [0.2, 0.25) is 0 Å². The van der Waals surface area contributed by atoms with E-state index in [9.17, 15) is 9.90 Å². The molecule has 4 nitrogen and oxygen atoms in total. The van der Waals surface area contributed by atoms with Crippen molar-refractivity contribution < 1.29 is 9.90 Å². The number of hydrogen-bond donors (Lipinski definition) is 2. The van der Waals surface area contributed by atoms with Crippen molar-refractivity contribution in [1.82, 2.24) is 10.3 Å². The highest BCUT2D eigenvalue weighted by molar-refractivity contribution is 7.99. The molecule has 1 saturated heterocycles.